The number of aliphatic carboxylic acids is 1. The Morgan fingerprint density at radius 3 is 2.50 bits per heavy atom. The van der Waals surface area contributed by atoms with E-state index in [1.165, 1.54) is 38.6 Å². The third kappa shape index (κ3) is 6.84. The van der Waals surface area contributed by atoms with Crippen LogP contribution in [0.25, 0.3) is 11.2 Å². The van der Waals surface area contributed by atoms with Crippen molar-refractivity contribution in [1.29, 1.82) is 5.26 Å². The van der Waals surface area contributed by atoms with Gasteiger partial charge in [-0.25, -0.2) is 25.1 Å². The van der Waals surface area contributed by atoms with E-state index in [2.05, 4.69) is 25.1 Å². The summed E-state index contributed by atoms with van der Waals surface area (Å²) in [7, 11) is -4.39. The van der Waals surface area contributed by atoms with Gasteiger partial charge in [0, 0.05) is 0 Å². The van der Waals surface area contributed by atoms with E-state index in [9.17, 15) is 27.6 Å². The number of nitrogens with one attached hydrogen (secondary N) is 2. The number of benzene rings is 1. The number of rotatable bonds is 11. The van der Waals surface area contributed by atoms with E-state index >= 15 is 0 Å². The number of fused-ring (bicyclic) bond motifs is 1. The minimum absolute atomic E-state index is 0.119. The number of nitrogens with zero attached hydrogens (tertiary/aromatic N) is 5. The molecule has 1 aromatic carbocycles. The maximum Gasteiger partial charge on any atom is 0.408 e. The summed E-state index contributed by atoms with van der Waals surface area (Å²) in [6.07, 6.45) is -3.73. The van der Waals surface area contributed by atoms with Gasteiger partial charge in [-0.3, -0.25) is 9.36 Å². The zero-order valence-corrected chi connectivity index (χ0v) is 21.5. The molecule has 12 nitrogen and oxygen atoms in total. The fourth-order valence-corrected chi connectivity index (χ4v) is 5.87. The number of carboxylic acids is 1. The van der Waals surface area contributed by atoms with Crippen LogP contribution < -0.4 is 15.9 Å². The highest BCUT2D eigenvalue weighted by molar-refractivity contribution is 7.59. The van der Waals surface area contributed by atoms with Gasteiger partial charge in [0.1, 0.15) is 29.8 Å². The van der Waals surface area contributed by atoms with Crippen molar-refractivity contribution in [1.82, 2.24) is 29.7 Å². The van der Waals surface area contributed by atoms with Crippen LogP contribution in [0.4, 0.5) is 19.0 Å². The van der Waals surface area contributed by atoms with Crippen molar-refractivity contribution >= 4 is 30.4 Å². The SMILES string of the molecule is C[C@H](Cn1cnc2c(N)ncnc21)OC[P@](=O)(N[C@@H](c1ccc(C#N)cc1)C(F)(F)F)NC(C)(C)C(=O)O. The second-order valence-corrected chi connectivity index (χ2v) is 11.3. The Kier molecular flexibility index (Phi) is 8.42. The second kappa shape index (κ2) is 11.0. The number of nitrogens with two attached hydrogens (primary N) is 1. The molecule has 3 aromatic rings. The van der Waals surface area contributed by atoms with E-state index in [1.54, 1.807) is 11.5 Å². The molecule has 204 valence electrons. The first-order valence-corrected chi connectivity index (χ1v) is 13.0. The third-order valence-corrected chi connectivity index (χ3v) is 7.57. The Balaban J connectivity index is 1.86. The molecule has 0 aliphatic carbocycles. The van der Waals surface area contributed by atoms with E-state index in [4.69, 9.17) is 15.7 Å². The molecule has 0 saturated carbocycles. The van der Waals surface area contributed by atoms with Crippen molar-refractivity contribution in [3.63, 3.8) is 0 Å². The molecule has 0 fully saturated rings. The number of alkyl halides is 3. The molecule has 2 heterocycles. The average Bonchev–Trinajstić information content (AvgIpc) is 3.24. The molecule has 5 N–H and O–H groups in total. The van der Waals surface area contributed by atoms with Gasteiger partial charge in [-0.05, 0) is 38.5 Å². The lowest BCUT2D eigenvalue weighted by molar-refractivity contribution is -0.153. The first-order chi connectivity index (χ1) is 17.6. The number of hydrogen-bond acceptors (Lipinski definition) is 8. The summed E-state index contributed by atoms with van der Waals surface area (Å²) in [6.45, 7) is 4.04. The molecule has 3 rings (SSSR count). The van der Waals surface area contributed by atoms with E-state index in [0.717, 1.165) is 12.1 Å². The zero-order chi connectivity index (χ0) is 28.3. The monoisotopic (exact) mass is 554 g/mol. The van der Waals surface area contributed by atoms with Gasteiger partial charge in [0.05, 0.1) is 30.6 Å². The van der Waals surface area contributed by atoms with Gasteiger partial charge >= 0.3 is 12.1 Å². The van der Waals surface area contributed by atoms with Crippen molar-refractivity contribution < 1.29 is 32.4 Å². The second-order valence-electron chi connectivity index (χ2n) is 9.05. The molecule has 0 unspecified atom stereocenters. The van der Waals surface area contributed by atoms with Crippen molar-refractivity contribution in [3.8, 4) is 6.07 Å². The number of imidazole rings is 1. The number of nitriles is 1. The van der Waals surface area contributed by atoms with Crippen LogP contribution in [0.3, 0.4) is 0 Å². The summed E-state index contributed by atoms with van der Waals surface area (Å²) in [5.41, 5.74) is 4.48. The van der Waals surface area contributed by atoms with Gasteiger partial charge in [0.2, 0.25) is 7.44 Å². The topological polar surface area (TPSA) is 181 Å². The molecule has 16 heteroatoms. The quantitative estimate of drug-likeness (QED) is 0.256. The average molecular weight is 554 g/mol. The van der Waals surface area contributed by atoms with Crippen LogP contribution in [0.1, 0.15) is 37.9 Å². The Hall–Kier alpha value is -3.57. The standard InChI is InChI=1S/C22H26F3N8O4P/c1-13(9-33-11-30-16-18(27)28-10-29-19(16)33)37-12-38(36,32-21(2,3)20(34)35)31-17(22(23,24)25)15-6-4-14(8-26)5-7-15/h4-7,10-11,13,17H,9,12H2,1-3H3,(H,34,35)(H2,27,28,29)(H2,31,32,36)/t13-,17+,38+/m1/s1. The largest absolute Gasteiger partial charge is 0.480 e. The first kappa shape index (κ1) is 29.0. The summed E-state index contributed by atoms with van der Waals surface area (Å²) in [4.78, 5) is 23.8. The van der Waals surface area contributed by atoms with Crippen LogP contribution >= 0.6 is 7.44 Å². The van der Waals surface area contributed by atoms with Crippen molar-refractivity contribution in [3.05, 3.63) is 48.0 Å². The third-order valence-electron chi connectivity index (χ3n) is 5.46. The molecule has 0 saturated heterocycles. The molecule has 0 aliphatic rings. The summed E-state index contributed by atoms with van der Waals surface area (Å²) >= 11 is 0. The predicted molar refractivity (Wildman–Crippen MR) is 131 cm³/mol. The molecular weight excluding hydrogens is 528 g/mol. The van der Waals surface area contributed by atoms with Gasteiger partial charge in [0.15, 0.2) is 11.5 Å². The van der Waals surface area contributed by atoms with Crippen LogP contribution in [-0.2, 0) is 20.6 Å². The van der Waals surface area contributed by atoms with E-state index in [-0.39, 0.29) is 23.5 Å². The lowest BCUT2D eigenvalue weighted by atomic mass is 10.1. The molecule has 0 aliphatic heterocycles. The van der Waals surface area contributed by atoms with Crippen LogP contribution in [0.2, 0.25) is 0 Å². The smallest absolute Gasteiger partial charge is 0.408 e. The molecule has 0 bridgehead atoms. The number of carboxylic acid groups (broad SMARTS) is 1. The van der Waals surface area contributed by atoms with Crippen LogP contribution in [-0.4, -0.2) is 54.8 Å². The van der Waals surface area contributed by atoms with Crippen molar-refractivity contribution in [2.75, 3.05) is 12.1 Å². The molecule has 38 heavy (non-hydrogen) atoms. The Bertz CT molecular complexity index is 1390. The molecular formula is C22H26F3N8O4P. The summed E-state index contributed by atoms with van der Waals surface area (Å²) < 4.78 is 63.3. The number of anilines is 1. The maximum atomic E-state index is 14.1. The number of halogens is 3. The maximum absolute atomic E-state index is 14.1. The number of carbonyl (C=O) groups is 1. The van der Waals surface area contributed by atoms with Gasteiger partial charge in [0.25, 0.3) is 0 Å². The Morgan fingerprint density at radius 2 is 1.92 bits per heavy atom. The molecule has 3 atom stereocenters. The van der Waals surface area contributed by atoms with E-state index in [1.807, 2.05) is 6.07 Å². The normalized spacial score (nSPS) is 15.5. The fraction of sp³-hybridized carbons (Fsp3) is 0.409. The van der Waals surface area contributed by atoms with Gasteiger partial charge in [-0.1, -0.05) is 12.1 Å². The number of ether oxygens (including phenoxy) is 1. The minimum atomic E-state index is -4.92. The Morgan fingerprint density at radius 1 is 1.26 bits per heavy atom. The van der Waals surface area contributed by atoms with E-state index in [0.29, 0.717) is 11.2 Å². The number of hydrogen-bond donors (Lipinski definition) is 4. The number of aromatic nitrogens is 4. The van der Waals surface area contributed by atoms with Gasteiger partial charge < -0.3 is 20.1 Å². The lowest BCUT2D eigenvalue weighted by Gasteiger charge is -2.33. The highest BCUT2D eigenvalue weighted by Gasteiger charge is 2.46. The van der Waals surface area contributed by atoms with Gasteiger partial charge in [-0.15, -0.1) is 0 Å². The Labute approximate surface area is 215 Å². The van der Waals surface area contributed by atoms with Crippen LogP contribution in [0, 0.1) is 11.3 Å². The molecule has 0 radical (unpaired) electrons. The van der Waals surface area contributed by atoms with E-state index < -0.39 is 43.6 Å². The fourth-order valence-electron chi connectivity index (χ4n) is 3.49. The highest BCUT2D eigenvalue weighted by atomic mass is 31.2. The minimum Gasteiger partial charge on any atom is -0.480 e. The number of nitrogen functional groups attached to an aromatic ring is 1. The molecule has 2 aromatic heterocycles. The van der Waals surface area contributed by atoms with Gasteiger partial charge in [-0.2, -0.15) is 18.4 Å². The van der Waals surface area contributed by atoms with Crippen molar-refractivity contribution in [2.45, 2.75) is 51.2 Å². The molecule has 0 amide bonds. The molecule has 0 spiro atoms. The lowest BCUT2D eigenvalue weighted by Crippen LogP contribution is -2.49. The summed E-state index contributed by atoms with van der Waals surface area (Å²) in [5.74, 6) is -1.27. The highest BCUT2D eigenvalue weighted by Crippen LogP contribution is 2.46. The van der Waals surface area contributed by atoms with Crippen LogP contribution in [0.15, 0.2) is 36.9 Å². The summed E-state index contributed by atoms with van der Waals surface area (Å²) in [5, 5.41) is 22.9. The van der Waals surface area contributed by atoms with Crippen molar-refractivity contribution in [2.24, 2.45) is 0 Å². The first-order valence-electron chi connectivity index (χ1n) is 11.1. The zero-order valence-electron chi connectivity index (χ0n) is 20.6. The summed E-state index contributed by atoms with van der Waals surface area (Å²) in [6, 6.07) is 3.91. The predicted octanol–water partition coefficient (Wildman–Crippen LogP) is 3.18. The van der Waals surface area contributed by atoms with Crippen LogP contribution in [0.5, 0.6) is 0 Å².